The summed E-state index contributed by atoms with van der Waals surface area (Å²) < 4.78 is 5.70. The fraction of sp³-hybridized carbons (Fsp3) is 0.0714. The zero-order valence-electron chi connectivity index (χ0n) is 10.8. The van der Waals surface area contributed by atoms with Gasteiger partial charge in [0.2, 0.25) is 0 Å². The van der Waals surface area contributed by atoms with Crippen LogP contribution in [0.2, 0.25) is 5.02 Å². The Hall–Kier alpha value is -2.24. The summed E-state index contributed by atoms with van der Waals surface area (Å²) in [5.74, 6) is 6.07. The fourth-order valence-corrected chi connectivity index (χ4v) is 1.91. The Balaban J connectivity index is 2.30. The summed E-state index contributed by atoms with van der Waals surface area (Å²) in [7, 11) is 1.57. The highest BCUT2D eigenvalue weighted by atomic mass is 35.5. The van der Waals surface area contributed by atoms with E-state index in [-0.39, 0.29) is 5.91 Å². The zero-order chi connectivity index (χ0) is 14.5. The number of benzene rings is 2. The van der Waals surface area contributed by atoms with Gasteiger partial charge in [0.25, 0.3) is 5.91 Å². The van der Waals surface area contributed by atoms with Crippen LogP contribution in [0.1, 0.15) is 10.4 Å². The number of amides is 1. The van der Waals surface area contributed by atoms with Crippen LogP contribution in [0.15, 0.2) is 42.5 Å². The van der Waals surface area contributed by atoms with Crippen LogP contribution in [0.4, 0.5) is 5.69 Å². The van der Waals surface area contributed by atoms with Crippen molar-refractivity contribution in [2.75, 3.05) is 12.5 Å². The van der Waals surface area contributed by atoms with Crippen LogP contribution in [-0.4, -0.2) is 13.0 Å². The Morgan fingerprint density at radius 2 is 2.00 bits per heavy atom. The average molecular weight is 292 g/mol. The number of para-hydroxylation sites is 1. The molecule has 0 radical (unpaired) electrons. The summed E-state index contributed by atoms with van der Waals surface area (Å²) in [6, 6.07) is 12.0. The van der Waals surface area contributed by atoms with Gasteiger partial charge in [0.05, 0.1) is 16.3 Å². The van der Waals surface area contributed by atoms with E-state index in [9.17, 15) is 4.79 Å². The van der Waals surface area contributed by atoms with E-state index >= 15 is 0 Å². The normalized spacial score (nSPS) is 9.95. The van der Waals surface area contributed by atoms with Crippen LogP contribution < -0.4 is 21.3 Å². The number of rotatable bonds is 4. The molecular formula is C14H14ClN3O2. The number of ether oxygens (including phenoxy) is 1. The topological polar surface area (TPSA) is 76.4 Å². The number of carbonyl (C=O) groups is 1. The predicted molar refractivity (Wildman–Crippen MR) is 79.2 cm³/mol. The van der Waals surface area contributed by atoms with Crippen molar-refractivity contribution in [3.05, 3.63) is 53.1 Å². The van der Waals surface area contributed by atoms with Crippen molar-refractivity contribution in [2.45, 2.75) is 0 Å². The Bertz CT molecular complexity index is 632. The number of halogens is 1. The summed E-state index contributed by atoms with van der Waals surface area (Å²) in [5, 5.41) is 3.00. The predicted octanol–water partition coefficient (Wildman–Crippen LogP) is 2.78. The molecule has 5 nitrogen and oxygen atoms in total. The molecule has 2 aromatic rings. The van der Waals surface area contributed by atoms with Crippen molar-refractivity contribution in [3.8, 4) is 11.5 Å². The van der Waals surface area contributed by atoms with E-state index in [1.54, 1.807) is 49.5 Å². The van der Waals surface area contributed by atoms with Gasteiger partial charge >= 0.3 is 0 Å². The second kappa shape index (κ2) is 6.27. The second-order valence-electron chi connectivity index (χ2n) is 3.96. The van der Waals surface area contributed by atoms with Gasteiger partial charge in [-0.3, -0.25) is 10.6 Å². The smallest absolute Gasteiger partial charge is 0.254 e. The summed E-state index contributed by atoms with van der Waals surface area (Å²) in [5.41, 5.74) is 3.52. The minimum atomic E-state index is -0.216. The van der Waals surface area contributed by atoms with Crippen LogP contribution in [0.5, 0.6) is 11.5 Å². The molecular weight excluding hydrogens is 278 g/mol. The molecule has 0 aliphatic carbocycles. The van der Waals surface area contributed by atoms with Gasteiger partial charge in [-0.2, -0.15) is 0 Å². The van der Waals surface area contributed by atoms with Crippen LogP contribution in [0.3, 0.4) is 0 Å². The molecule has 0 unspecified atom stereocenters. The van der Waals surface area contributed by atoms with E-state index in [2.05, 4.69) is 10.7 Å². The highest BCUT2D eigenvalue weighted by molar-refractivity contribution is 6.33. The second-order valence-corrected chi connectivity index (χ2v) is 4.37. The van der Waals surface area contributed by atoms with Gasteiger partial charge in [0, 0.05) is 13.1 Å². The molecule has 0 spiro atoms. The van der Waals surface area contributed by atoms with E-state index in [1.807, 2.05) is 0 Å². The highest BCUT2D eigenvalue weighted by Crippen LogP contribution is 2.30. The lowest BCUT2D eigenvalue weighted by Crippen LogP contribution is -2.18. The van der Waals surface area contributed by atoms with Gasteiger partial charge in [-0.05, 0) is 24.3 Å². The third kappa shape index (κ3) is 3.01. The summed E-state index contributed by atoms with van der Waals surface area (Å²) >= 11 is 6.02. The molecule has 0 aliphatic heterocycles. The summed E-state index contributed by atoms with van der Waals surface area (Å²) in [6.45, 7) is 0. The standard InChI is InChI=1S/C14H14ClN3O2/c1-17-14(19)10-4-2-3-5-13(10)20-9-6-7-12(18-16)11(15)8-9/h2-8,18H,16H2,1H3,(H,17,19). The maximum Gasteiger partial charge on any atom is 0.254 e. The number of nitrogen functional groups attached to an aromatic ring is 1. The van der Waals surface area contributed by atoms with E-state index in [0.717, 1.165) is 0 Å². The molecule has 2 rings (SSSR count). The van der Waals surface area contributed by atoms with Crippen molar-refractivity contribution in [1.82, 2.24) is 5.32 Å². The number of hydrogen-bond donors (Lipinski definition) is 3. The molecule has 0 aromatic heterocycles. The number of hydrazine groups is 1. The largest absolute Gasteiger partial charge is 0.456 e. The molecule has 0 atom stereocenters. The zero-order valence-corrected chi connectivity index (χ0v) is 11.6. The molecule has 0 aliphatic rings. The first-order chi connectivity index (χ1) is 9.65. The number of nitrogens with one attached hydrogen (secondary N) is 2. The van der Waals surface area contributed by atoms with Crippen molar-refractivity contribution in [2.24, 2.45) is 5.84 Å². The molecule has 4 N–H and O–H groups in total. The minimum Gasteiger partial charge on any atom is -0.456 e. The molecule has 2 aromatic carbocycles. The van der Waals surface area contributed by atoms with Crippen LogP contribution >= 0.6 is 11.6 Å². The first-order valence-electron chi connectivity index (χ1n) is 5.91. The number of nitrogens with two attached hydrogens (primary N) is 1. The fourth-order valence-electron chi connectivity index (χ4n) is 1.68. The first kappa shape index (κ1) is 14.2. The molecule has 0 fully saturated rings. The van der Waals surface area contributed by atoms with Crippen LogP contribution in [-0.2, 0) is 0 Å². The van der Waals surface area contributed by atoms with Gasteiger partial charge < -0.3 is 15.5 Å². The van der Waals surface area contributed by atoms with Crippen molar-refractivity contribution < 1.29 is 9.53 Å². The third-order valence-electron chi connectivity index (χ3n) is 2.68. The Kier molecular flexibility index (Phi) is 4.45. The maximum absolute atomic E-state index is 11.7. The van der Waals surface area contributed by atoms with Gasteiger partial charge in [0.15, 0.2) is 0 Å². The first-order valence-corrected chi connectivity index (χ1v) is 6.28. The quantitative estimate of drug-likeness (QED) is 0.598. The number of anilines is 1. The van der Waals surface area contributed by atoms with E-state index < -0.39 is 0 Å². The van der Waals surface area contributed by atoms with E-state index in [4.69, 9.17) is 22.2 Å². The Morgan fingerprint density at radius 3 is 2.65 bits per heavy atom. The van der Waals surface area contributed by atoms with Gasteiger partial charge in [-0.25, -0.2) is 0 Å². The van der Waals surface area contributed by atoms with E-state index in [1.165, 1.54) is 0 Å². The van der Waals surface area contributed by atoms with Crippen molar-refractivity contribution in [1.29, 1.82) is 0 Å². The molecule has 104 valence electrons. The van der Waals surface area contributed by atoms with Gasteiger partial charge in [0.1, 0.15) is 11.5 Å². The van der Waals surface area contributed by atoms with Gasteiger partial charge in [-0.1, -0.05) is 23.7 Å². The molecule has 0 bridgehead atoms. The molecule has 0 saturated heterocycles. The molecule has 0 heterocycles. The third-order valence-corrected chi connectivity index (χ3v) is 3.00. The maximum atomic E-state index is 11.7. The van der Waals surface area contributed by atoms with Crippen molar-refractivity contribution in [3.63, 3.8) is 0 Å². The van der Waals surface area contributed by atoms with Gasteiger partial charge in [-0.15, -0.1) is 0 Å². The van der Waals surface area contributed by atoms with E-state index in [0.29, 0.717) is 27.8 Å². The summed E-state index contributed by atoms with van der Waals surface area (Å²) in [4.78, 5) is 11.7. The Morgan fingerprint density at radius 1 is 1.25 bits per heavy atom. The lowest BCUT2D eigenvalue weighted by atomic mass is 10.2. The lowest BCUT2D eigenvalue weighted by Gasteiger charge is -2.11. The molecule has 20 heavy (non-hydrogen) atoms. The Labute approximate surface area is 121 Å². The molecule has 1 amide bonds. The monoisotopic (exact) mass is 291 g/mol. The average Bonchev–Trinajstić information content (AvgIpc) is 2.47. The molecule has 6 heteroatoms. The SMILES string of the molecule is CNC(=O)c1ccccc1Oc1ccc(NN)c(Cl)c1. The van der Waals surface area contributed by atoms with Crippen LogP contribution in [0.25, 0.3) is 0 Å². The number of carbonyl (C=O) groups excluding carboxylic acids is 1. The lowest BCUT2D eigenvalue weighted by molar-refractivity contribution is 0.0961. The summed E-state index contributed by atoms with van der Waals surface area (Å²) in [6.07, 6.45) is 0. The number of hydrogen-bond acceptors (Lipinski definition) is 4. The molecule has 0 saturated carbocycles. The highest BCUT2D eigenvalue weighted by Gasteiger charge is 2.11. The van der Waals surface area contributed by atoms with Crippen LogP contribution in [0, 0.1) is 0 Å². The minimum absolute atomic E-state index is 0.216. The van der Waals surface area contributed by atoms with Crippen molar-refractivity contribution >= 4 is 23.2 Å².